The monoisotopic (exact) mass is 856 g/mol. The molecule has 0 aliphatic heterocycles. The normalized spacial score (nSPS) is 12.0. The molecule has 2 heterocycles. The van der Waals surface area contributed by atoms with E-state index in [9.17, 15) is 5.11 Å². The fourth-order valence-corrected chi connectivity index (χ4v) is 9.61. The van der Waals surface area contributed by atoms with Gasteiger partial charge in [-0.1, -0.05) is 158 Å². The molecule has 2 aromatic heterocycles. The first kappa shape index (κ1) is 42.6. The van der Waals surface area contributed by atoms with Crippen molar-refractivity contribution in [2.45, 2.75) is 76.0 Å². The molecule has 0 radical (unpaired) electrons. The molecule has 1 N–H and O–H groups in total. The molecule has 0 aliphatic carbocycles. The summed E-state index contributed by atoms with van der Waals surface area (Å²) in [4.78, 5) is 2.15. The van der Waals surface area contributed by atoms with E-state index in [0.717, 1.165) is 43.9 Å². The second kappa shape index (κ2) is 17.1. The number of phenols is 1. The summed E-state index contributed by atoms with van der Waals surface area (Å²) in [6.07, 6.45) is 0. The summed E-state index contributed by atoms with van der Waals surface area (Å²) in [5, 5.41) is 14.7. The zero-order valence-electron chi connectivity index (χ0n) is 38.1. The highest BCUT2D eigenvalue weighted by Crippen LogP contribution is 2.44. The van der Waals surface area contributed by atoms with E-state index < -0.39 is 0 Å². The minimum Gasteiger partial charge on any atom is -0.508 e. The molecule has 320 valence electrons. The predicted molar refractivity (Wildman–Crippen MR) is 272 cm³/mol. The van der Waals surface area contributed by atoms with Crippen LogP contribution in [0.15, 0.2) is 192 Å². The Morgan fingerprint density at radius 1 is 0.469 bits per heavy atom. The van der Waals surface area contributed by atoms with Gasteiger partial charge in [0, 0.05) is 36.8 Å². The van der Waals surface area contributed by atoms with Gasteiger partial charge in [0.15, 0.2) is 5.75 Å². The number of hydrogen-bond donors (Lipinski definition) is 1. The van der Waals surface area contributed by atoms with Gasteiger partial charge in [-0.3, -0.25) is 0 Å². The summed E-state index contributed by atoms with van der Waals surface area (Å²) < 4.78 is 11.7. The Balaban J connectivity index is 0.00000125. The van der Waals surface area contributed by atoms with Crippen molar-refractivity contribution < 1.29 is 9.84 Å². The average Bonchev–Trinajstić information content (AvgIpc) is 3.80. The van der Waals surface area contributed by atoms with Gasteiger partial charge in [-0.2, -0.15) is 0 Å². The quantitative estimate of drug-likeness (QED) is 0.165. The molecular weight excluding hydrogens is 801 g/mol. The predicted octanol–water partition coefficient (Wildman–Crippen LogP) is 16.8. The van der Waals surface area contributed by atoms with Crippen LogP contribution in [0.1, 0.15) is 72.1 Å². The van der Waals surface area contributed by atoms with E-state index >= 15 is 0 Å². The molecule has 0 fully saturated rings. The first-order valence-electron chi connectivity index (χ1n) is 22.3. The molecule has 10 aromatic rings. The molecular formula is C59H56N2O2S. The van der Waals surface area contributed by atoms with Crippen molar-refractivity contribution >= 4 is 55.4 Å². The Morgan fingerprint density at radius 2 is 0.859 bits per heavy atom. The third kappa shape index (κ3) is 8.17. The van der Waals surface area contributed by atoms with Crippen LogP contribution in [-0.4, -0.2) is 14.2 Å². The molecule has 4 nitrogen and oxygen atoms in total. The van der Waals surface area contributed by atoms with Crippen LogP contribution in [0.25, 0.3) is 55.0 Å². The first-order valence-corrected chi connectivity index (χ1v) is 23.1. The van der Waals surface area contributed by atoms with E-state index in [2.05, 4.69) is 210 Å². The summed E-state index contributed by atoms with van der Waals surface area (Å²) in [7, 11) is 0. The van der Waals surface area contributed by atoms with Gasteiger partial charge in [0.2, 0.25) is 0 Å². The topological polar surface area (TPSA) is 39.3 Å². The van der Waals surface area contributed by atoms with Crippen molar-refractivity contribution in [2.24, 2.45) is 5.92 Å². The number of aromatic hydroxyl groups is 1. The van der Waals surface area contributed by atoms with Gasteiger partial charge in [-0.05, 0) is 119 Å². The molecule has 0 unspecified atom stereocenters. The molecule has 10 rings (SSSR count). The van der Waals surface area contributed by atoms with E-state index in [1.807, 2.05) is 24.3 Å². The molecule has 0 saturated heterocycles. The SMILES string of the molecule is CC(C)(C)c1ccc(C(C)(C)c2ccc(Oc3ccc(Sc4ccc(O)cc4)cc3)c(-n3c4ccccc4c4ccccc43)c2)cc1-n1c2ccccc2c2ccccc21.CC(C)C. The van der Waals surface area contributed by atoms with Crippen LogP contribution in [0.2, 0.25) is 0 Å². The van der Waals surface area contributed by atoms with Crippen LogP contribution in [-0.2, 0) is 10.8 Å². The molecule has 0 aliphatic rings. The van der Waals surface area contributed by atoms with Crippen LogP contribution in [0, 0.1) is 5.92 Å². The molecule has 64 heavy (non-hydrogen) atoms. The van der Waals surface area contributed by atoms with Crippen molar-refractivity contribution in [2.75, 3.05) is 0 Å². The number of hydrogen-bond acceptors (Lipinski definition) is 3. The van der Waals surface area contributed by atoms with Crippen LogP contribution in [0.3, 0.4) is 0 Å². The first-order chi connectivity index (χ1) is 30.8. The Hall–Kier alpha value is -6.69. The molecule has 0 saturated carbocycles. The van der Waals surface area contributed by atoms with E-state index in [1.165, 1.54) is 55.0 Å². The average molecular weight is 857 g/mol. The van der Waals surface area contributed by atoms with Crippen molar-refractivity contribution in [3.8, 4) is 28.6 Å². The zero-order chi connectivity index (χ0) is 44.8. The van der Waals surface area contributed by atoms with Crippen LogP contribution in [0.4, 0.5) is 0 Å². The third-order valence-electron chi connectivity index (χ3n) is 12.0. The number of nitrogens with zero attached hydrogens (tertiary/aromatic N) is 2. The molecule has 8 aromatic carbocycles. The van der Waals surface area contributed by atoms with Gasteiger partial charge in [0.05, 0.1) is 33.4 Å². The maximum Gasteiger partial charge on any atom is 0.151 e. The van der Waals surface area contributed by atoms with Crippen LogP contribution >= 0.6 is 11.8 Å². The number of para-hydroxylation sites is 4. The van der Waals surface area contributed by atoms with Gasteiger partial charge in [0.25, 0.3) is 0 Å². The Bertz CT molecular complexity index is 3160. The lowest BCUT2D eigenvalue weighted by Gasteiger charge is -2.31. The fraction of sp³-hybridized carbons (Fsp3) is 0.186. The summed E-state index contributed by atoms with van der Waals surface area (Å²) in [5.74, 6) is 2.63. The number of rotatable bonds is 8. The van der Waals surface area contributed by atoms with Crippen LogP contribution in [0.5, 0.6) is 17.2 Å². The lowest BCUT2D eigenvalue weighted by molar-refractivity contribution is 0.475. The maximum atomic E-state index is 9.74. The van der Waals surface area contributed by atoms with E-state index in [-0.39, 0.29) is 16.6 Å². The van der Waals surface area contributed by atoms with Gasteiger partial charge in [-0.25, -0.2) is 0 Å². The second-order valence-corrected chi connectivity index (χ2v) is 20.1. The zero-order valence-corrected chi connectivity index (χ0v) is 38.9. The van der Waals surface area contributed by atoms with E-state index in [4.69, 9.17) is 4.74 Å². The van der Waals surface area contributed by atoms with Crippen molar-refractivity contribution in [1.29, 1.82) is 0 Å². The van der Waals surface area contributed by atoms with Gasteiger partial charge in [-0.15, -0.1) is 0 Å². The Labute approximate surface area is 381 Å². The summed E-state index contributed by atoms with van der Waals surface area (Å²) >= 11 is 1.65. The lowest BCUT2D eigenvalue weighted by atomic mass is 9.76. The van der Waals surface area contributed by atoms with Gasteiger partial charge < -0.3 is 19.0 Å². The smallest absolute Gasteiger partial charge is 0.151 e. The van der Waals surface area contributed by atoms with E-state index in [0.29, 0.717) is 0 Å². The molecule has 0 atom stereocenters. The highest BCUT2D eigenvalue weighted by molar-refractivity contribution is 7.99. The van der Waals surface area contributed by atoms with Crippen molar-refractivity contribution in [1.82, 2.24) is 9.13 Å². The largest absolute Gasteiger partial charge is 0.508 e. The third-order valence-corrected chi connectivity index (χ3v) is 13.0. The molecule has 0 amide bonds. The number of phenolic OH excluding ortho intramolecular Hbond substituents is 1. The molecule has 0 bridgehead atoms. The highest BCUT2D eigenvalue weighted by Gasteiger charge is 2.29. The summed E-state index contributed by atoms with van der Waals surface area (Å²) in [6, 6.07) is 64.2. The molecule has 5 heteroatoms. The maximum absolute atomic E-state index is 9.74. The number of aromatic nitrogens is 2. The summed E-state index contributed by atoms with van der Waals surface area (Å²) in [6.45, 7) is 18.1. The Morgan fingerprint density at radius 3 is 1.31 bits per heavy atom. The van der Waals surface area contributed by atoms with E-state index in [1.54, 1.807) is 23.9 Å². The number of ether oxygens (including phenoxy) is 1. The standard InChI is InChI=1S/C55H46N2O2S.C4H10/c1-54(2,3)46-32-22-36(34-51(46)56-47-18-10-6-14-42(47)43-15-7-11-19-48(43)56)55(4,5)37-23-33-53(59-39-26-30-41(31-27-39)60-40-28-24-38(58)25-29-40)52(35-37)57-49-20-12-8-16-44(49)45-17-9-13-21-50(45)57;1-4(2)3/h6-35,58H,1-5H3;4H,1-3H3. The van der Waals surface area contributed by atoms with Gasteiger partial charge >= 0.3 is 0 Å². The lowest BCUT2D eigenvalue weighted by Crippen LogP contribution is -2.22. The van der Waals surface area contributed by atoms with Crippen molar-refractivity contribution in [3.63, 3.8) is 0 Å². The van der Waals surface area contributed by atoms with Gasteiger partial charge in [0.1, 0.15) is 11.5 Å². The number of fused-ring (bicyclic) bond motifs is 6. The summed E-state index contributed by atoms with van der Waals surface area (Å²) in [5.41, 5.74) is 10.1. The second-order valence-electron chi connectivity index (χ2n) is 18.9. The number of benzene rings is 8. The van der Waals surface area contributed by atoms with Crippen molar-refractivity contribution in [3.05, 3.63) is 199 Å². The van der Waals surface area contributed by atoms with Crippen LogP contribution < -0.4 is 4.74 Å². The fourth-order valence-electron chi connectivity index (χ4n) is 8.79. The minimum atomic E-state index is -0.386. The molecule has 0 spiro atoms. The highest BCUT2D eigenvalue weighted by atomic mass is 32.2. The minimum absolute atomic E-state index is 0.0877. The Kier molecular flexibility index (Phi) is 11.4.